The third-order valence-electron chi connectivity index (χ3n) is 5.33. The van der Waals surface area contributed by atoms with Gasteiger partial charge in [-0.3, -0.25) is 0 Å². The fourth-order valence-corrected chi connectivity index (χ4v) is 6.51. The van der Waals surface area contributed by atoms with Crippen molar-refractivity contribution < 1.29 is 4.74 Å². The van der Waals surface area contributed by atoms with Crippen LogP contribution in [0.1, 0.15) is 63.8 Å². The van der Waals surface area contributed by atoms with Crippen LogP contribution in [-0.4, -0.2) is 36.7 Å². The Kier molecular flexibility index (Phi) is 6.20. The molecule has 0 bridgehead atoms. The van der Waals surface area contributed by atoms with E-state index in [-0.39, 0.29) is 5.60 Å². The van der Waals surface area contributed by atoms with Gasteiger partial charge in [-0.15, -0.1) is 21.5 Å². The van der Waals surface area contributed by atoms with Crippen LogP contribution >= 0.6 is 34.9 Å². The summed E-state index contributed by atoms with van der Waals surface area (Å²) in [6.45, 7) is 9.52. The average Bonchev–Trinajstić information content (AvgIpc) is 3.27. The summed E-state index contributed by atoms with van der Waals surface area (Å²) in [7, 11) is 0. The molecule has 4 heterocycles. The van der Waals surface area contributed by atoms with Gasteiger partial charge in [0.2, 0.25) is 0 Å². The zero-order valence-electron chi connectivity index (χ0n) is 17.1. The predicted molar refractivity (Wildman–Crippen MR) is 120 cm³/mol. The van der Waals surface area contributed by atoms with Gasteiger partial charge in [0.05, 0.1) is 17.6 Å². The molecule has 1 aliphatic heterocycles. The molecule has 0 spiro atoms. The molecule has 3 aromatic rings. The molecule has 1 aliphatic rings. The topological polar surface area (TPSA) is 52.3 Å². The lowest BCUT2D eigenvalue weighted by Gasteiger charge is -2.33. The number of hydrogen-bond acceptors (Lipinski definition) is 7. The standard InChI is InChI=1S/C20H28N4OS3/c1-5-8-10-27-19-23-22-16-15-13-11-20(4,7-3)25-12-14(13)28-17(15)21-18(24(16)19)26-9-6-2/h5-12H2,1-4H3/t20-/m1/s1. The summed E-state index contributed by atoms with van der Waals surface area (Å²) in [6, 6.07) is 0. The molecular weight excluding hydrogens is 408 g/mol. The zero-order valence-corrected chi connectivity index (χ0v) is 19.5. The Balaban J connectivity index is 1.87. The number of nitrogens with zero attached hydrogens (tertiary/aromatic N) is 4. The molecule has 4 rings (SSSR count). The Labute approximate surface area is 179 Å². The van der Waals surface area contributed by atoms with E-state index < -0.39 is 0 Å². The van der Waals surface area contributed by atoms with Crippen molar-refractivity contribution in [1.29, 1.82) is 0 Å². The van der Waals surface area contributed by atoms with Gasteiger partial charge in [0.25, 0.3) is 0 Å². The normalized spacial score (nSPS) is 19.6. The average molecular weight is 437 g/mol. The first-order chi connectivity index (χ1) is 13.6. The maximum Gasteiger partial charge on any atom is 0.197 e. The van der Waals surface area contributed by atoms with E-state index in [1.807, 2.05) is 0 Å². The first-order valence-corrected chi connectivity index (χ1v) is 13.0. The van der Waals surface area contributed by atoms with Gasteiger partial charge in [-0.25, -0.2) is 9.38 Å². The maximum absolute atomic E-state index is 6.18. The molecule has 0 radical (unpaired) electrons. The van der Waals surface area contributed by atoms with Crippen LogP contribution in [-0.2, 0) is 17.8 Å². The highest BCUT2D eigenvalue weighted by Crippen LogP contribution is 2.42. The van der Waals surface area contributed by atoms with Gasteiger partial charge < -0.3 is 4.74 Å². The van der Waals surface area contributed by atoms with Crippen LogP contribution < -0.4 is 0 Å². The number of aromatic nitrogens is 4. The predicted octanol–water partition coefficient (Wildman–Crippen LogP) is 5.97. The highest BCUT2D eigenvalue weighted by atomic mass is 32.2. The zero-order chi connectivity index (χ0) is 19.7. The van der Waals surface area contributed by atoms with Gasteiger partial charge >= 0.3 is 0 Å². The lowest BCUT2D eigenvalue weighted by Crippen LogP contribution is -2.33. The minimum atomic E-state index is -0.105. The summed E-state index contributed by atoms with van der Waals surface area (Å²) in [5.74, 6) is 2.11. The molecule has 5 nitrogen and oxygen atoms in total. The van der Waals surface area contributed by atoms with Gasteiger partial charge in [-0.05, 0) is 31.7 Å². The van der Waals surface area contributed by atoms with Gasteiger partial charge in [0.15, 0.2) is 16.0 Å². The molecule has 0 N–H and O–H groups in total. The Morgan fingerprint density at radius 1 is 1.11 bits per heavy atom. The van der Waals surface area contributed by atoms with Crippen LogP contribution in [0.3, 0.4) is 0 Å². The Hall–Kier alpha value is -0.830. The molecule has 0 amide bonds. The van der Waals surface area contributed by atoms with E-state index in [4.69, 9.17) is 9.72 Å². The summed E-state index contributed by atoms with van der Waals surface area (Å²) in [5.41, 5.74) is 2.24. The first-order valence-electron chi connectivity index (χ1n) is 10.2. The van der Waals surface area contributed by atoms with E-state index in [0.29, 0.717) is 6.61 Å². The second-order valence-corrected chi connectivity index (χ2v) is 10.7. The number of unbranched alkanes of at least 4 members (excludes halogenated alkanes) is 1. The number of ether oxygens (including phenoxy) is 1. The molecule has 3 aromatic heterocycles. The monoisotopic (exact) mass is 436 g/mol. The molecule has 0 aromatic carbocycles. The summed E-state index contributed by atoms with van der Waals surface area (Å²) < 4.78 is 8.38. The van der Waals surface area contributed by atoms with Crippen molar-refractivity contribution in [3.8, 4) is 0 Å². The van der Waals surface area contributed by atoms with Crippen molar-refractivity contribution in [3.63, 3.8) is 0 Å². The van der Waals surface area contributed by atoms with Crippen molar-refractivity contribution >= 4 is 50.7 Å². The quantitative estimate of drug-likeness (QED) is 0.246. The minimum absolute atomic E-state index is 0.105. The second-order valence-electron chi connectivity index (χ2n) is 7.54. The van der Waals surface area contributed by atoms with Crippen LogP contribution in [0.2, 0.25) is 0 Å². The molecule has 152 valence electrons. The summed E-state index contributed by atoms with van der Waals surface area (Å²) in [4.78, 5) is 7.46. The smallest absolute Gasteiger partial charge is 0.197 e. The Morgan fingerprint density at radius 2 is 1.93 bits per heavy atom. The lowest BCUT2D eigenvalue weighted by atomic mass is 9.90. The summed E-state index contributed by atoms with van der Waals surface area (Å²) in [6.07, 6.45) is 5.42. The number of thioether (sulfide) groups is 2. The van der Waals surface area contributed by atoms with Crippen molar-refractivity contribution in [3.05, 3.63) is 10.4 Å². The summed E-state index contributed by atoms with van der Waals surface area (Å²) in [5, 5.41) is 12.4. The molecule has 0 saturated heterocycles. The fraction of sp³-hybridized carbons (Fsp3) is 0.650. The fourth-order valence-electron chi connectivity index (χ4n) is 3.44. The first kappa shape index (κ1) is 20.4. The van der Waals surface area contributed by atoms with Gasteiger partial charge in [-0.1, -0.05) is 50.7 Å². The highest BCUT2D eigenvalue weighted by molar-refractivity contribution is 7.99. The van der Waals surface area contributed by atoms with E-state index in [1.54, 1.807) is 34.9 Å². The van der Waals surface area contributed by atoms with E-state index >= 15 is 0 Å². The molecular formula is C20H28N4OS3. The van der Waals surface area contributed by atoms with Crippen LogP contribution in [0.5, 0.6) is 0 Å². The lowest BCUT2D eigenvalue weighted by molar-refractivity contribution is -0.0542. The van der Waals surface area contributed by atoms with Gasteiger partial charge in [0, 0.05) is 22.8 Å². The van der Waals surface area contributed by atoms with Crippen molar-refractivity contribution in [2.45, 2.75) is 82.3 Å². The molecule has 0 aliphatic carbocycles. The molecule has 28 heavy (non-hydrogen) atoms. The van der Waals surface area contributed by atoms with Gasteiger partial charge in [0.1, 0.15) is 4.83 Å². The number of hydrogen-bond donors (Lipinski definition) is 0. The van der Waals surface area contributed by atoms with Crippen LogP contribution in [0.4, 0.5) is 0 Å². The minimum Gasteiger partial charge on any atom is -0.369 e. The van der Waals surface area contributed by atoms with E-state index in [1.165, 1.54) is 28.7 Å². The Morgan fingerprint density at radius 3 is 2.68 bits per heavy atom. The third-order valence-corrected chi connectivity index (χ3v) is 8.59. The van der Waals surface area contributed by atoms with Gasteiger partial charge in [-0.2, -0.15) is 0 Å². The van der Waals surface area contributed by atoms with E-state index in [2.05, 4.69) is 42.3 Å². The largest absolute Gasteiger partial charge is 0.369 e. The van der Waals surface area contributed by atoms with E-state index in [0.717, 1.165) is 51.6 Å². The maximum atomic E-state index is 6.18. The van der Waals surface area contributed by atoms with Crippen LogP contribution in [0, 0.1) is 0 Å². The Bertz CT molecular complexity index is 983. The third kappa shape index (κ3) is 3.68. The second kappa shape index (κ2) is 8.50. The molecule has 0 fully saturated rings. The number of rotatable bonds is 8. The highest BCUT2D eigenvalue weighted by Gasteiger charge is 2.33. The van der Waals surface area contributed by atoms with Crippen LogP contribution in [0.25, 0.3) is 15.9 Å². The molecule has 0 unspecified atom stereocenters. The SMILES string of the molecule is CCCCSc1nnc2c3c4c(sc3nc(SCCC)n12)CO[C@](C)(CC)C4. The number of fused-ring (bicyclic) bond motifs is 5. The van der Waals surface area contributed by atoms with Crippen molar-refractivity contribution in [2.24, 2.45) is 0 Å². The number of thiophene rings is 1. The summed E-state index contributed by atoms with van der Waals surface area (Å²) >= 11 is 5.37. The molecule has 0 saturated carbocycles. The molecule has 8 heteroatoms. The van der Waals surface area contributed by atoms with Crippen LogP contribution in [0.15, 0.2) is 10.3 Å². The van der Waals surface area contributed by atoms with Crippen molar-refractivity contribution in [2.75, 3.05) is 11.5 Å². The van der Waals surface area contributed by atoms with Crippen molar-refractivity contribution in [1.82, 2.24) is 19.6 Å². The van der Waals surface area contributed by atoms with E-state index in [9.17, 15) is 0 Å². The molecule has 1 atom stereocenters.